The lowest BCUT2D eigenvalue weighted by Crippen LogP contribution is -2.05. The van der Waals surface area contributed by atoms with Gasteiger partial charge in [-0.05, 0) is 44.4 Å². The molecule has 1 aromatic rings. The van der Waals surface area contributed by atoms with E-state index in [2.05, 4.69) is 19.9 Å². The molecule has 108 valence electrons. The lowest BCUT2D eigenvalue weighted by molar-refractivity contribution is 0.318. The quantitative estimate of drug-likeness (QED) is 0.748. The van der Waals surface area contributed by atoms with Crippen LogP contribution in [0.15, 0.2) is 18.2 Å². The van der Waals surface area contributed by atoms with Crippen molar-refractivity contribution in [2.75, 3.05) is 14.2 Å². The molecular formula is C16H21NO3. The zero-order valence-electron chi connectivity index (χ0n) is 12.5. The lowest BCUT2D eigenvalue weighted by Gasteiger charge is -2.13. The van der Waals surface area contributed by atoms with Gasteiger partial charge in [-0.15, -0.1) is 0 Å². The van der Waals surface area contributed by atoms with Crippen LogP contribution in [0, 0.1) is 11.3 Å². The maximum absolute atomic E-state index is 9.37. The van der Waals surface area contributed by atoms with Crippen molar-refractivity contribution >= 4 is 0 Å². The van der Waals surface area contributed by atoms with Crippen molar-refractivity contribution < 1.29 is 14.2 Å². The Morgan fingerprint density at radius 3 is 2.45 bits per heavy atom. The van der Waals surface area contributed by atoms with Crippen LogP contribution in [0.3, 0.4) is 0 Å². The van der Waals surface area contributed by atoms with E-state index in [1.807, 2.05) is 18.2 Å². The van der Waals surface area contributed by atoms with Crippen molar-refractivity contribution in [2.24, 2.45) is 0 Å². The summed E-state index contributed by atoms with van der Waals surface area (Å²) in [5.74, 6) is 1.20. The van der Waals surface area contributed by atoms with E-state index < -0.39 is 0 Å². The Kier molecular flexibility index (Phi) is 4.20. The van der Waals surface area contributed by atoms with Gasteiger partial charge >= 0.3 is 0 Å². The van der Waals surface area contributed by atoms with Gasteiger partial charge in [-0.25, -0.2) is 0 Å². The Labute approximate surface area is 120 Å². The predicted molar refractivity (Wildman–Crippen MR) is 76.1 cm³/mol. The van der Waals surface area contributed by atoms with E-state index >= 15 is 0 Å². The molecule has 1 fully saturated rings. The number of epoxide rings is 1. The summed E-state index contributed by atoms with van der Waals surface area (Å²) < 4.78 is 16.1. The number of ether oxygens (including phenoxy) is 3. The van der Waals surface area contributed by atoms with Crippen LogP contribution in [0.2, 0.25) is 0 Å². The summed E-state index contributed by atoms with van der Waals surface area (Å²) >= 11 is 0. The summed E-state index contributed by atoms with van der Waals surface area (Å²) in [6.07, 6.45) is 1.97. The molecule has 20 heavy (non-hydrogen) atoms. The van der Waals surface area contributed by atoms with E-state index in [1.54, 1.807) is 14.2 Å². The highest BCUT2D eigenvalue weighted by molar-refractivity contribution is 5.44. The molecule has 2 rings (SSSR count). The van der Waals surface area contributed by atoms with Crippen LogP contribution in [-0.2, 0) is 4.74 Å². The summed E-state index contributed by atoms with van der Waals surface area (Å²) in [5.41, 5.74) is 0.945. The molecule has 4 heteroatoms. The first-order valence-electron chi connectivity index (χ1n) is 6.81. The van der Waals surface area contributed by atoms with Gasteiger partial charge in [-0.2, -0.15) is 5.26 Å². The number of hydrogen-bond donors (Lipinski definition) is 0. The Morgan fingerprint density at radius 2 is 1.95 bits per heavy atom. The van der Waals surface area contributed by atoms with E-state index in [-0.39, 0.29) is 17.6 Å². The Hall–Kier alpha value is -1.73. The summed E-state index contributed by atoms with van der Waals surface area (Å²) in [5, 5.41) is 9.37. The number of methoxy groups -OCH3 is 2. The average Bonchev–Trinajstić information content (AvgIpc) is 3.06. The van der Waals surface area contributed by atoms with Crippen LogP contribution in [0.4, 0.5) is 0 Å². The minimum atomic E-state index is -0.144. The fourth-order valence-corrected chi connectivity index (χ4v) is 2.43. The van der Waals surface area contributed by atoms with Gasteiger partial charge in [0.25, 0.3) is 0 Å². The van der Waals surface area contributed by atoms with E-state index in [9.17, 15) is 5.26 Å². The number of nitrogens with zero attached hydrogens (tertiary/aromatic N) is 1. The van der Waals surface area contributed by atoms with Crippen LogP contribution in [-0.4, -0.2) is 25.9 Å². The molecule has 1 aliphatic heterocycles. The maximum Gasteiger partial charge on any atom is 0.161 e. The second-order valence-corrected chi connectivity index (χ2v) is 5.58. The third-order valence-corrected chi connectivity index (χ3v) is 3.85. The van der Waals surface area contributed by atoms with Gasteiger partial charge in [-0.1, -0.05) is 6.07 Å². The summed E-state index contributed by atoms with van der Waals surface area (Å²) in [6, 6.07) is 8.01. The first-order chi connectivity index (χ1) is 9.51. The average molecular weight is 275 g/mol. The van der Waals surface area contributed by atoms with Crippen molar-refractivity contribution in [3.63, 3.8) is 0 Å². The topological polar surface area (TPSA) is 54.8 Å². The monoisotopic (exact) mass is 275 g/mol. The molecule has 1 saturated heterocycles. The van der Waals surface area contributed by atoms with Crippen molar-refractivity contribution in [1.29, 1.82) is 5.26 Å². The van der Waals surface area contributed by atoms with Crippen LogP contribution in [0.1, 0.15) is 38.2 Å². The minimum absolute atomic E-state index is 0.0163. The van der Waals surface area contributed by atoms with E-state index in [0.717, 1.165) is 18.4 Å². The van der Waals surface area contributed by atoms with E-state index in [1.165, 1.54) is 0 Å². The molecular weight excluding hydrogens is 254 g/mol. The molecule has 0 N–H and O–H groups in total. The Morgan fingerprint density at radius 1 is 1.30 bits per heavy atom. The zero-order valence-corrected chi connectivity index (χ0v) is 12.5. The van der Waals surface area contributed by atoms with Gasteiger partial charge in [0.1, 0.15) is 0 Å². The standard InChI is InChI=1S/C16H21NO3/c1-16(2)15(20-16)8-6-12(10-17)11-5-7-13(18-3)14(9-11)19-4/h5,7,9,12,15H,6,8H2,1-4H3. The smallest absolute Gasteiger partial charge is 0.161 e. The van der Waals surface area contributed by atoms with E-state index in [4.69, 9.17) is 14.2 Å². The SMILES string of the molecule is COc1ccc(C(C#N)CCC2OC2(C)C)cc1OC. The lowest BCUT2D eigenvalue weighted by atomic mass is 9.93. The van der Waals surface area contributed by atoms with Crippen LogP contribution in [0.5, 0.6) is 11.5 Å². The van der Waals surface area contributed by atoms with Crippen LogP contribution >= 0.6 is 0 Å². The fraction of sp³-hybridized carbons (Fsp3) is 0.562. The zero-order chi connectivity index (χ0) is 14.8. The van der Waals surface area contributed by atoms with Crippen molar-refractivity contribution in [2.45, 2.75) is 44.3 Å². The molecule has 0 aromatic heterocycles. The number of hydrogen-bond acceptors (Lipinski definition) is 4. The molecule has 0 amide bonds. The Bertz CT molecular complexity index is 519. The molecule has 4 nitrogen and oxygen atoms in total. The van der Waals surface area contributed by atoms with Gasteiger partial charge in [0.2, 0.25) is 0 Å². The minimum Gasteiger partial charge on any atom is -0.493 e. The van der Waals surface area contributed by atoms with Gasteiger partial charge in [0.05, 0.1) is 37.9 Å². The van der Waals surface area contributed by atoms with Crippen LogP contribution < -0.4 is 9.47 Å². The predicted octanol–water partition coefficient (Wildman–Crippen LogP) is 3.27. The van der Waals surface area contributed by atoms with E-state index in [0.29, 0.717) is 11.5 Å². The normalized spacial score (nSPS) is 20.9. The third kappa shape index (κ3) is 3.05. The molecule has 0 bridgehead atoms. The number of benzene rings is 1. The highest BCUT2D eigenvalue weighted by atomic mass is 16.6. The fourth-order valence-electron chi connectivity index (χ4n) is 2.43. The van der Waals surface area contributed by atoms with Gasteiger partial charge in [0.15, 0.2) is 11.5 Å². The molecule has 1 heterocycles. The van der Waals surface area contributed by atoms with Gasteiger partial charge in [-0.3, -0.25) is 0 Å². The third-order valence-electron chi connectivity index (χ3n) is 3.85. The summed E-state index contributed by atoms with van der Waals surface area (Å²) in [4.78, 5) is 0. The molecule has 0 saturated carbocycles. The van der Waals surface area contributed by atoms with Gasteiger partial charge in [0, 0.05) is 0 Å². The maximum atomic E-state index is 9.37. The molecule has 0 radical (unpaired) electrons. The highest BCUT2D eigenvalue weighted by Gasteiger charge is 2.47. The molecule has 2 unspecified atom stereocenters. The second kappa shape index (κ2) is 5.72. The summed E-state index contributed by atoms with van der Waals surface area (Å²) in [6.45, 7) is 4.16. The molecule has 1 aliphatic rings. The summed E-state index contributed by atoms with van der Waals surface area (Å²) in [7, 11) is 3.20. The molecule has 2 atom stereocenters. The first-order valence-corrected chi connectivity index (χ1v) is 6.81. The Balaban J connectivity index is 2.06. The molecule has 0 spiro atoms. The molecule has 1 aromatic carbocycles. The first kappa shape index (κ1) is 14.7. The number of nitriles is 1. The largest absolute Gasteiger partial charge is 0.493 e. The van der Waals surface area contributed by atoms with Crippen molar-refractivity contribution in [1.82, 2.24) is 0 Å². The second-order valence-electron chi connectivity index (χ2n) is 5.58. The molecule has 0 aliphatic carbocycles. The number of rotatable bonds is 6. The van der Waals surface area contributed by atoms with Gasteiger partial charge < -0.3 is 14.2 Å². The van der Waals surface area contributed by atoms with Crippen molar-refractivity contribution in [3.8, 4) is 17.6 Å². The van der Waals surface area contributed by atoms with Crippen LogP contribution in [0.25, 0.3) is 0 Å². The van der Waals surface area contributed by atoms with Crippen molar-refractivity contribution in [3.05, 3.63) is 23.8 Å². The highest BCUT2D eigenvalue weighted by Crippen LogP contribution is 2.40.